The van der Waals surface area contributed by atoms with Crippen molar-refractivity contribution in [1.82, 2.24) is 9.88 Å². The molecule has 0 aliphatic carbocycles. The van der Waals surface area contributed by atoms with Gasteiger partial charge in [0.15, 0.2) is 0 Å². The van der Waals surface area contributed by atoms with Gasteiger partial charge >= 0.3 is 6.18 Å². The molecule has 1 atom stereocenters. The molecule has 1 amide bonds. The number of amides is 1. The molecular formula is C18H14F3N3O2. The van der Waals surface area contributed by atoms with E-state index < -0.39 is 17.6 Å². The lowest BCUT2D eigenvalue weighted by molar-refractivity contribution is -0.137. The normalized spacial score (nSPS) is 17.0. The van der Waals surface area contributed by atoms with Crippen LogP contribution in [0.4, 0.5) is 13.2 Å². The summed E-state index contributed by atoms with van der Waals surface area (Å²) in [6.45, 7) is 0.616. The third-order valence-corrected chi connectivity index (χ3v) is 4.02. The van der Waals surface area contributed by atoms with Crippen LogP contribution in [0.2, 0.25) is 0 Å². The maximum absolute atomic E-state index is 12.8. The number of nitrogens with zero attached hydrogens (tertiary/aromatic N) is 3. The van der Waals surface area contributed by atoms with Crippen LogP contribution in [-0.2, 0) is 6.18 Å². The molecule has 5 nitrogen and oxygen atoms in total. The molecule has 1 aliphatic rings. The number of alkyl halides is 3. The summed E-state index contributed by atoms with van der Waals surface area (Å²) in [6, 6.07) is 9.40. The molecule has 1 aromatic heterocycles. The standard InChI is InChI=1S/C18H14F3N3O2/c19-18(20,21)14-3-1-2-13(9-14)17(25)24-7-5-15(11-24)26-16-8-12(10-22)4-6-23-16/h1-4,6,8-9,15H,5,7,11H2. The number of benzene rings is 1. The second-order valence-corrected chi connectivity index (χ2v) is 5.85. The first-order chi connectivity index (χ1) is 12.4. The lowest BCUT2D eigenvalue weighted by Gasteiger charge is -2.18. The van der Waals surface area contributed by atoms with Gasteiger partial charge in [-0.3, -0.25) is 4.79 Å². The third kappa shape index (κ3) is 3.94. The fourth-order valence-corrected chi connectivity index (χ4v) is 2.73. The average molecular weight is 361 g/mol. The van der Waals surface area contributed by atoms with E-state index in [4.69, 9.17) is 10.00 Å². The first-order valence-corrected chi connectivity index (χ1v) is 7.86. The minimum atomic E-state index is -4.50. The monoisotopic (exact) mass is 361 g/mol. The van der Waals surface area contributed by atoms with Gasteiger partial charge in [0.2, 0.25) is 5.88 Å². The largest absolute Gasteiger partial charge is 0.472 e. The van der Waals surface area contributed by atoms with Gasteiger partial charge in [-0.25, -0.2) is 4.98 Å². The Morgan fingerprint density at radius 3 is 2.85 bits per heavy atom. The van der Waals surface area contributed by atoms with Crippen molar-refractivity contribution < 1.29 is 22.7 Å². The molecule has 0 bridgehead atoms. The Kier molecular flexibility index (Phi) is 4.80. The van der Waals surface area contributed by atoms with Crippen LogP contribution in [0, 0.1) is 11.3 Å². The number of halogens is 3. The predicted molar refractivity (Wildman–Crippen MR) is 85.3 cm³/mol. The van der Waals surface area contributed by atoms with E-state index in [1.165, 1.54) is 29.3 Å². The van der Waals surface area contributed by atoms with E-state index >= 15 is 0 Å². The molecular weight excluding hydrogens is 347 g/mol. The zero-order chi connectivity index (χ0) is 18.7. The van der Waals surface area contributed by atoms with E-state index in [2.05, 4.69) is 4.98 Å². The second-order valence-electron chi connectivity index (χ2n) is 5.85. The van der Waals surface area contributed by atoms with Crippen molar-refractivity contribution in [1.29, 1.82) is 5.26 Å². The zero-order valence-electron chi connectivity index (χ0n) is 13.5. The quantitative estimate of drug-likeness (QED) is 0.842. The van der Waals surface area contributed by atoms with Gasteiger partial charge < -0.3 is 9.64 Å². The fourth-order valence-electron chi connectivity index (χ4n) is 2.73. The maximum Gasteiger partial charge on any atom is 0.416 e. The summed E-state index contributed by atoms with van der Waals surface area (Å²) < 4.78 is 44.1. The number of hydrogen-bond donors (Lipinski definition) is 0. The number of ether oxygens (including phenoxy) is 1. The molecule has 0 radical (unpaired) electrons. The number of rotatable bonds is 3. The highest BCUT2D eigenvalue weighted by Crippen LogP contribution is 2.30. The highest BCUT2D eigenvalue weighted by molar-refractivity contribution is 5.94. The summed E-state index contributed by atoms with van der Waals surface area (Å²) in [5, 5.41) is 8.88. The third-order valence-electron chi connectivity index (χ3n) is 4.02. The van der Waals surface area contributed by atoms with Gasteiger partial charge in [0.05, 0.1) is 23.7 Å². The van der Waals surface area contributed by atoms with Crippen molar-refractivity contribution in [2.24, 2.45) is 0 Å². The highest BCUT2D eigenvalue weighted by Gasteiger charge is 2.33. The summed E-state index contributed by atoms with van der Waals surface area (Å²) in [5.74, 6) is -0.191. The van der Waals surface area contributed by atoms with Crippen LogP contribution >= 0.6 is 0 Å². The smallest absolute Gasteiger partial charge is 0.416 e. The summed E-state index contributed by atoms with van der Waals surface area (Å²) in [4.78, 5) is 17.9. The number of nitriles is 1. The molecule has 0 N–H and O–H groups in total. The molecule has 2 aromatic rings. The zero-order valence-corrected chi connectivity index (χ0v) is 13.5. The minimum Gasteiger partial charge on any atom is -0.472 e. The Morgan fingerprint density at radius 2 is 2.12 bits per heavy atom. The van der Waals surface area contributed by atoms with Gasteiger partial charge in [0, 0.05) is 30.8 Å². The number of carbonyl (C=O) groups excluding carboxylic acids is 1. The molecule has 0 saturated carbocycles. The van der Waals surface area contributed by atoms with Crippen molar-refractivity contribution >= 4 is 5.91 Å². The lowest BCUT2D eigenvalue weighted by atomic mass is 10.1. The topological polar surface area (TPSA) is 66.2 Å². The van der Waals surface area contributed by atoms with Crippen LogP contribution in [0.1, 0.15) is 27.9 Å². The van der Waals surface area contributed by atoms with Crippen molar-refractivity contribution in [3.63, 3.8) is 0 Å². The molecule has 3 rings (SSSR count). The molecule has 1 fully saturated rings. The van der Waals surface area contributed by atoms with Crippen LogP contribution in [0.15, 0.2) is 42.6 Å². The summed E-state index contributed by atoms with van der Waals surface area (Å²) in [7, 11) is 0. The van der Waals surface area contributed by atoms with Crippen LogP contribution in [0.5, 0.6) is 5.88 Å². The number of aromatic nitrogens is 1. The first kappa shape index (κ1) is 17.7. The Bertz CT molecular complexity index is 861. The second kappa shape index (κ2) is 7.04. The van der Waals surface area contributed by atoms with Crippen LogP contribution < -0.4 is 4.74 Å². The van der Waals surface area contributed by atoms with Crippen LogP contribution in [-0.4, -0.2) is 35.0 Å². The van der Waals surface area contributed by atoms with Gasteiger partial charge in [-0.1, -0.05) is 6.07 Å². The molecule has 134 valence electrons. The van der Waals surface area contributed by atoms with E-state index in [0.717, 1.165) is 12.1 Å². The molecule has 1 aromatic carbocycles. The van der Waals surface area contributed by atoms with Gasteiger partial charge in [-0.15, -0.1) is 0 Å². The van der Waals surface area contributed by atoms with E-state index in [1.54, 1.807) is 6.07 Å². The molecule has 1 aliphatic heterocycles. The lowest BCUT2D eigenvalue weighted by Crippen LogP contribution is -2.31. The summed E-state index contributed by atoms with van der Waals surface area (Å²) in [6.07, 6.45) is -2.84. The SMILES string of the molecule is N#Cc1ccnc(OC2CCN(C(=O)c3cccc(C(F)(F)F)c3)C2)c1. The number of likely N-dealkylation sites (tertiary alicyclic amines) is 1. The average Bonchev–Trinajstić information content (AvgIpc) is 3.09. The Hall–Kier alpha value is -3.08. The predicted octanol–water partition coefficient (Wildman–Crippen LogP) is 3.27. The van der Waals surface area contributed by atoms with Crippen molar-refractivity contribution in [2.45, 2.75) is 18.7 Å². The highest BCUT2D eigenvalue weighted by atomic mass is 19.4. The molecule has 8 heteroatoms. The maximum atomic E-state index is 12.8. The summed E-state index contributed by atoms with van der Waals surface area (Å²) >= 11 is 0. The Morgan fingerprint density at radius 1 is 1.31 bits per heavy atom. The van der Waals surface area contributed by atoms with E-state index in [9.17, 15) is 18.0 Å². The van der Waals surface area contributed by atoms with E-state index in [-0.39, 0.29) is 24.1 Å². The molecule has 1 unspecified atom stereocenters. The number of pyridine rings is 1. The van der Waals surface area contributed by atoms with Crippen molar-refractivity contribution in [3.05, 3.63) is 59.3 Å². The van der Waals surface area contributed by atoms with Gasteiger partial charge in [-0.2, -0.15) is 18.4 Å². The van der Waals surface area contributed by atoms with Crippen molar-refractivity contribution in [2.75, 3.05) is 13.1 Å². The van der Waals surface area contributed by atoms with Gasteiger partial charge in [-0.05, 0) is 24.3 Å². The van der Waals surface area contributed by atoms with Gasteiger partial charge in [0.25, 0.3) is 5.91 Å². The fraction of sp³-hybridized carbons (Fsp3) is 0.278. The first-order valence-electron chi connectivity index (χ1n) is 7.86. The van der Waals surface area contributed by atoms with E-state index in [1.807, 2.05) is 6.07 Å². The molecule has 2 heterocycles. The van der Waals surface area contributed by atoms with Crippen LogP contribution in [0.25, 0.3) is 0 Å². The minimum absolute atomic E-state index is 0.00919. The summed E-state index contributed by atoms with van der Waals surface area (Å²) in [5.41, 5.74) is -0.456. The van der Waals surface area contributed by atoms with Crippen molar-refractivity contribution in [3.8, 4) is 11.9 Å². The number of carbonyl (C=O) groups is 1. The van der Waals surface area contributed by atoms with Crippen LogP contribution in [0.3, 0.4) is 0 Å². The molecule has 1 saturated heterocycles. The molecule has 26 heavy (non-hydrogen) atoms. The van der Waals surface area contributed by atoms with Gasteiger partial charge in [0.1, 0.15) is 6.10 Å². The molecule has 0 spiro atoms. The van der Waals surface area contributed by atoms with E-state index in [0.29, 0.717) is 18.5 Å². The Labute approximate surface area is 147 Å². The number of hydrogen-bond acceptors (Lipinski definition) is 4. The Balaban J connectivity index is 1.67.